The summed E-state index contributed by atoms with van der Waals surface area (Å²) in [6.07, 6.45) is 1.54. The monoisotopic (exact) mass is 224 g/mol. The van der Waals surface area contributed by atoms with Crippen LogP contribution in [0.1, 0.15) is 11.1 Å². The molecule has 0 radical (unpaired) electrons. The molecule has 1 aromatic heterocycles. The zero-order valence-corrected chi connectivity index (χ0v) is 9.55. The Bertz CT molecular complexity index is 544. The third-order valence-corrected chi connectivity index (χ3v) is 2.41. The molecule has 0 aliphatic rings. The van der Waals surface area contributed by atoms with Crippen LogP contribution < -0.4 is 4.74 Å². The molecule has 1 heterocycles. The molecule has 17 heavy (non-hydrogen) atoms. The minimum Gasteiger partial charge on any atom is -0.473 e. The van der Waals surface area contributed by atoms with Crippen molar-refractivity contribution in [2.45, 2.75) is 13.5 Å². The van der Waals surface area contributed by atoms with E-state index in [2.05, 4.69) is 9.83 Å². The first-order chi connectivity index (χ1) is 8.29. The molecular weight excluding hydrogens is 212 g/mol. The third-order valence-electron chi connectivity index (χ3n) is 2.41. The quantitative estimate of drug-likeness (QED) is 0.746. The normalized spacial score (nSPS) is 9.65. The summed E-state index contributed by atoms with van der Waals surface area (Å²) in [7, 11) is 0. The standard InChI is InChI=1S/C14H12N2O/c1-11-8-14(16-9-13(11)15-2)17-10-12-6-4-3-5-7-12/h3-9H,10H2,1H3. The van der Waals surface area contributed by atoms with Gasteiger partial charge in [-0.15, -0.1) is 0 Å². The van der Waals surface area contributed by atoms with Gasteiger partial charge in [-0.1, -0.05) is 30.3 Å². The molecule has 0 unspecified atom stereocenters. The van der Waals surface area contributed by atoms with Gasteiger partial charge in [0.15, 0.2) is 0 Å². The van der Waals surface area contributed by atoms with Gasteiger partial charge in [0.2, 0.25) is 11.6 Å². The van der Waals surface area contributed by atoms with Crippen molar-refractivity contribution in [1.29, 1.82) is 0 Å². The Balaban J connectivity index is 2.06. The van der Waals surface area contributed by atoms with Crippen molar-refractivity contribution in [1.82, 2.24) is 4.98 Å². The molecule has 3 nitrogen and oxygen atoms in total. The van der Waals surface area contributed by atoms with Gasteiger partial charge < -0.3 is 4.74 Å². The minimum absolute atomic E-state index is 0.491. The number of nitrogens with zero attached hydrogens (tertiary/aromatic N) is 2. The molecule has 0 amide bonds. The second kappa shape index (κ2) is 5.13. The summed E-state index contributed by atoms with van der Waals surface area (Å²) < 4.78 is 5.56. The Labute approximate surface area is 101 Å². The molecule has 0 N–H and O–H groups in total. The van der Waals surface area contributed by atoms with E-state index in [0.29, 0.717) is 18.2 Å². The van der Waals surface area contributed by atoms with Crippen LogP contribution in [-0.4, -0.2) is 4.98 Å². The molecule has 0 bridgehead atoms. The Kier molecular flexibility index (Phi) is 3.37. The van der Waals surface area contributed by atoms with Crippen LogP contribution in [0.4, 0.5) is 5.69 Å². The van der Waals surface area contributed by atoms with Gasteiger partial charge in [-0.25, -0.2) is 9.83 Å². The van der Waals surface area contributed by atoms with Crippen LogP contribution in [0.15, 0.2) is 42.6 Å². The lowest BCUT2D eigenvalue weighted by Crippen LogP contribution is -1.97. The van der Waals surface area contributed by atoms with Crippen molar-refractivity contribution in [3.63, 3.8) is 0 Å². The van der Waals surface area contributed by atoms with E-state index < -0.39 is 0 Å². The van der Waals surface area contributed by atoms with Crippen LogP contribution in [0.25, 0.3) is 4.85 Å². The Morgan fingerprint density at radius 3 is 2.71 bits per heavy atom. The SMILES string of the molecule is [C-]#[N+]c1cnc(OCc2ccccc2)cc1C. The maximum absolute atomic E-state index is 6.94. The number of pyridine rings is 1. The highest BCUT2D eigenvalue weighted by molar-refractivity contribution is 5.50. The molecule has 0 saturated carbocycles. The molecule has 2 aromatic rings. The van der Waals surface area contributed by atoms with Crippen LogP contribution in [-0.2, 0) is 6.61 Å². The average Bonchev–Trinajstić information content (AvgIpc) is 2.38. The first-order valence-corrected chi connectivity index (χ1v) is 5.30. The van der Waals surface area contributed by atoms with Crippen LogP contribution in [0.5, 0.6) is 5.88 Å². The van der Waals surface area contributed by atoms with E-state index in [-0.39, 0.29) is 0 Å². The Morgan fingerprint density at radius 1 is 1.29 bits per heavy atom. The molecule has 0 aliphatic heterocycles. The van der Waals surface area contributed by atoms with E-state index in [0.717, 1.165) is 11.1 Å². The number of ether oxygens (including phenoxy) is 1. The highest BCUT2D eigenvalue weighted by Crippen LogP contribution is 2.21. The summed E-state index contributed by atoms with van der Waals surface area (Å²) in [5, 5.41) is 0. The van der Waals surface area contributed by atoms with E-state index in [9.17, 15) is 0 Å². The van der Waals surface area contributed by atoms with Gasteiger partial charge in [-0.3, -0.25) is 0 Å². The van der Waals surface area contributed by atoms with E-state index in [4.69, 9.17) is 11.3 Å². The fourth-order valence-corrected chi connectivity index (χ4v) is 1.45. The van der Waals surface area contributed by atoms with Gasteiger partial charge in [-0.05, 0) is 24.1 Å². The van der Waals surface area contributed by atoms with E-state index in [1.807, 2.05) is 37.3 Å². The molecular formula is C14H12N2O. The molecule has 0 atom stereocenters. The van der Waals surface area contributed by atoms with Gasteiger partial charge >= 0.3 is 0 Å². The Morgan fingerprint density at radius 2 is 2.06 bits per heavy atom. The number of aryl methyl sites for hydroxylation is 1. The van der Waals surface area contributed by atoms with E-state index >= 15 is 0 Å². The van der Waals surface area contributed by atoms with Gasteiger partial charge in [0.05, 0.1) is 6.57 Å². The summed E-state index contributed by atoms with van der Waals surface area (Å²) in [4.78, 5) is 7.45. The fourth-order valence-electron chi connectivity index (χ4n) is 1.45. The lowest BCUT2D eigenvalue weighted by atomic mass is 10.2. The first-order valence-electron chi connectivity index (χ1n) is 5.30. The molecule has 0 fully saturated rings. The summed E-state index contributed by atoms with van der Waals surface area (Å²) >= 11 is 0. The summed E-state index contributed by atoms with van der Waals surface area (Å²) in [5.41, 5.74) is 2.55. The van der Waals surface area contributed by atoms with Crippen molar-refractivity contribution in [3.05, 3.63) is 65.1 Å². The van der Waals surface area contributed by atoms with Crippen molar-refractivity contribution < 1.29 is 4.74 Å². The molecule has 0 spiro atoms. The van der Waals surface area contributed by atoms with Crippen LogP contribution in [0, 0.1) is 13.5 Å². The zero-order chi connectivity index (χ0) is 12.1. The molecule has 2 rings (SSSR count). The molecule has 1 aromatic carbocycles. The zero-order valence-electron chi connectivity index (χ0n) is 9.55. The fraction of sp³-hybridized carbons (Fsp3) is 0.143. The molecule has 84 valence electrons. The molecule has 0 aliphatic carbocycles. The number of rotatable bonds is 3. The van der Waals surface area contributed by atoms with E-state index in [1.165, 1.54) is 0 Å². The largest absolute Gasteiger partial charge is 0.473 e. The number of hydrogen-bond acceptors (Lipinski definition) is 2. The average molecular weight is 224 g/mol. The van der Waals surface area contributed by atoms with Crippen molar-refractivity contribution in [2.24, 2.45) is 0 Å². The van der Waals surface area contributed by atoms with Crippen LogP contribution >= 0.6 is 0 Å². The lowest BCUT2D eigenvalue weighted by molar-refractivity contribution is 0.294. The van der Waals surface area contributed by atoms with Gasteiger partial charge in [-0.2, -0.15) is 0 Å². The summed E-state index contributed by atoms with van der Waals surface area (Å²) in [5.74, 6) is 0.554. The maximum Gasteiger partial charge on any atom is 0.211 e. The van der Waals surface area contributed by atoms with Gasteiger partial charge in [0.25, 0.3) is 0 Å². The highest BCUT2D eigenvalue weighted by atomic mass is 16.5. The van der Waals surface area contributed by atoms with Crippen molar-refractivity contribution in [3.8, 4) is 5.88 Å². The van der Waals surface area contributed by atoms with Gasteiger partial charge in [0, 0.05) is 6.20 Å². The number of benzene rings is 1. The molecule has 3 heteroatoms. The second-order valence-corrected chi connectivity index (χ2v) is 3.70. The van der Waals surface area contributed by atoms with Crippen molar-refractivity contribution in [2.75, 3.05) is 0 Å². The molecule has 0 saturated heterocycles. The Hall–Kier alpha value is -2.34. The topological polar surface area (TPSA) is 26.5 Å². The van der Waals surface area contributed by atoms with Gasteiger partial charge in [0.1, 0.15) is 6.61 Å². The second-order valence-electron chi connectivity index (χ2n) is 3.70. The predicted octanol–water partition coefficient (Wildman–Crippen LogP) is 3.52. The van der Waals surface area contributed by atoms with Crippen LogP contribution in [0.3, 0.4) is 0 Å². The van der Waals surface area contributed by atoms with E-state index in [1.54, 1.807) is 12.3 Å². The van der Waals surface area contributed by atoms with Crippen LogP contribution in [0.2, 0.25) is 0 Å². The maximum atomic E-state index is 6.94. The highest BCUT2D eigenvalue weighted by Gasteiger charge is 2.01. The summed E-state index contributed by atoms with van der Waals surface area (Å²) in [6, 6.07) is 11.7. The minimum atomic E-state index is 0.491. The first kappa shape index (κ1) is 11.2. The predicted molar refractivity (Wildman–Crippen MR) is 66.0 cm³/mol. The summed E-state index contributed by atoms with van der Waals surface area (Å²) in [6.45, 7) is 9.31. The third kappa shape index (κ3) is 2.82. The lowest BCUT2D eigenvalue weighted by Gasteiger charge is -2.06. The number of hydrogen-bond donors (Lipinski definition) is 0. The smallest absolute Gasteiger partial charge is 0.211 e. The van der Waals surface area contributed by atoms with Crippen molar-refractivity contribution >= 4 is 5.69 Å². The number of aromatic nitrogens is 1.